The second-order valence-electron chi connectivity index (χ2n) is 8.60. The lowest BCUT2D eigenvalue weighted by Crippen LogP contribution is -2.14. The molecule has 0 spiro atoms. The lowest BCUT2D eigenvalue weighted by Gasteiger charge is -2.15. The van der Waals surface area contributed by atoms with Gasteiger partial charge in [-0.2, -0.15) is 0 Å². The summed E-state index contributed by atoms with van der Waals surface area (Å²) in [5.41, 5.74) is 2.61. The molecular formula is C27H22BrN7O2S. The number of fused-ring (bicyclic) bond motifs is 1. The summed E-state index contributed by atoms with van der Waals surface area (Å²) >= 11 is 4.77. The number of halogens is 1. The molecule has 190 valence electrons. The lowest BCUT2D eigenvalue weighted by atomic mass is 10.1. The number of carbonyl (C=O) groups is 1. The third kappa shape index (κ3) is 5.90. The lowest BCUT2D eigenvalue weighted by molar-refractivity contribution is 0.102. The van der Waals surface area contributed by atoms with Crippen LogP contribution < -0.4 is 10.6 Å². The van der Waals surface area contributed by atoms with Gasteiger partial charge in [0, 0.05) is 33.4 Å². The highest BCUT2D eigenvalue weighted by molar-refractivity contribution is 9.10. The smallest absolute Gasteiger partial charge is 0.258 e. The third-order valence-electron chi connectivity index (χ3n) is 5.52. The average molecular weight is 588 g/mol. The van der Waals surface area contributed by atoms with Crippen molar-refractivity contribution in [3.63, 3.8) is 0 Å². The normalized spacial score (nSPS) is 11.1. The average Bonchev–Trinajstić information content (AvgIpc) is 2.92. The van der Waals surface area contributed by atoms with Gasteiger partial charge in [0.1, 0.15) is 17.9 Å². The van der Waals surface area contributed by atoms with Gasteiger partial charge in [-0.15, -0.1) is 0 Å². The van der Waals surface area contributed by atoms with E-state index in [4.69, 9.17) is 0 Å². The fourth-order valence-electron chi connectivity index (χ4n) is 3.56. The fraction of sp³-hybridized carbons (Fsp3) is 0.111. The molecule has 0 aliphatic rings. The van der Waals surface area contributed by atoms with Gasteiger partial charge < -0.3 is 10.4 Å². The summed E-state index contributed by atoms with van der Waals surface area (Å²) in [7, 11) is 0. The van der Waals surface area contributed by atoms with E-state index in [1.54, 1.807) is 36.7 Å². The summed E-state index contributed by atoms with van der Waals surface area (Å²) in [5, 5.41) is 16.5. The summed E-state index contributed by atoms with van der Waals surface area (Å²) in [4.78, 5) is 36.5. The molecule has 3 aromatic heterocycles. The fourth-order valence-corrected chi connectivity index (χ4v) is 4.64. The molecule has 0 aliphatic heterocycles. The van der Waals surface area contributed by atoms with E-state index in [0.717, 1.165) is 20.9 Å². The van der Waals surface area contributed by atoms with Crippen molar-refractivity contribution in [2.45, 2.75) is 29.6 Å². The number of amides is 1. The van der Waals surface area contributed by atoms with Crippen molar-refractivity contribution >= 4 is 62.1 Å². The number of aromatic nitrogens is 5. The van der Waals surface area contributed by atoms with Gasteiger partial charge in [0.2, 0.25) is 5.95 Å². The quantitative estimate of drug-likeness (QED) is 0.194. The van der Waals surface area contributed by atoms with E-state index < -0.39 is 0 Å². The summed E-state index contributed by atoms with van der Waals surface area (Å²) < 4.78 is 0.713. The van der Waals surface area contributed by atoms with Crippen molar-refractivity contribution < 1.29 is 9.90 Å². The zero-order valence-corrected chi connectivity index (χ0v) is 22.8. The summed E-state index contributed by atoms with van der Waals surface area (Å²) in [5.74, 6) is 0.871. The maximum Gasteiger partial charge on any atom is 0.258 e. The number of phenolic OH excluding ortho intramolecular Hbond substituents is 1. The van der Waals surface area contributed by atoms with Crippen LogP contribution in [-0.4, -0.2) is 35.9 Å². The molecule has 9 nitrogen and oxygen atoms in total. The molecule has 0 saturated heterocycles. The molecular weight excluding hydrogens is 566 g/mol. The largest absolute Gasteiger partial charge is 0.508 e. The van der Waals surface area contributed by atoms with Crippen LogP contribution in [0.4, 0.5) is 17.5 Å². The molecule has 3 N–H and O–H groups in total. The van der Waals surface area contributed by atoms with E-state index in [1.807, 2.05) is 30.3 Å². The van der Waals surface area contributed by atoms with Crippen molar-refractivity contribution in [2.75, 3.05) is 10.6 Å². The Balaban J connectivity index is 1.51. The predicted octanol–water partition coefficient (Wildman–Crippen LogP) is 6.55. The monoisotopic (exact) mass is 587 g/mol. The van der Waals surface area contributed by atoms with Crippen LogP contribution in [0.3, 0.4) is 0 Å². The molecule has 0 radical (unpaired) electrons. The predicted molar refractivity (Wildman–Crippen MR) is 151 cm³/mol. The number of hydrogen-bond acceptors (Lipinski definition) is 9. The molecule has 38 heavy (non-hydrogen) atoms. The van der Waals surface area contributed by atoms with E-state index in [0.29, 0.717) is 27.2 Å². The topological polar surface area (TPSA) is 126 Å². The van der Waals surface area contributed by atoms with E-state index in [2.05, 4.69) is 65.3 Å². The van der Waals surface area contributed by atoms with Crippen LogP contribution in [0.5, 0.6) is 5.75 Å². The van der Waals surface area contributed by atoms with Gasteiger partial charge in [0.05, 0.1) is 15.5 Å². The molecule has 0 bridgehead atoms. The van der Waals surface area contributed by atoms with Crippen LogP contribution in [0, 0.1) is 0 Å². The van der Waals surface area contributed by atoms with Crippen LogP contribution in [-0.2, 0) is 0 Å². The minimum Gasteiger partial charge on any atom is -0.508 e. The van der Waals surface area contributed by atoms with Crippen LogP contribution >= 0.6 is 27.7 Å². The van der Waals surface area contributed by atoms with Gasteiger partial charge in [-0.25, -0.2) is 24.9 Å². The van der Waals surface area contributed by atoms with Gasteiger partial charge in [0.25, 0.3) is 5.91 Å². The molecule has 11 heteroatoms. The summed E-state index contributed by atoms with van der Waals surface area (Å²) in [6.07, 6.45) is 4.59. The second kappa shape index (κ2) is 11.1. The van der Waals surface area contributed by atoms with Crippen LogP contribution in [0.2, 0.25) is 0 Å². The van der Waals surface area contributed by atoms with E-state index in [9.17, 15) is 9.90 Å². The number of anilines is 3. The Morgan fingerprint density at radius 2 is 1.74 bits per heavy atom. The van der Waals surface area contributed by atoms with Crippen molar-refractivity contribution in [3.8, 4) is 5.75 Å². The molecule has 0 atom stereocenters. The van der Waals surface area contributed by atoms with Crippen LogP contribution in [0.25, 0.3) is 11.0 Å². The zero-order valence-electron chi connectivity index (χ0n) is 20.4. The number of pyridine rings is 1. The van der Waals surface area contributed by atoms with E-state index in [-0.39, 0.29) is 23.5 Å². The summed E-state index contributed by atoms with van der Waals surface area (Å²) in [6.45, 7) is 4.16. The maximum atomic E-state index is 13.0. The molecule has 1 amide bonds. The number of phenols is 1. The van der Waals surface area contributed by atoms with Gasteiger partial charge in [-0.3, -0.25) is 10.1 Å². The maximum absolute atomic E-state index is 13.0. The third-order valence-corrected chi connectivity index (χ3v) is 7.01. The van der Waals surface area contributed by atoms with Gasteiger partial charge in [0.15, 0.2) is 5.65 Å². The molecule has 5 aromatic rings. The van der Waals surface area contributed by atoms with E-state index in [1.165, 1.54) is 18.1 Å². The van der Waals surface area contributed by atoms with Gasteiger partial charge in [-0.1, -0.05) is 25.6 Å². The Hall–Kier alpha value is -4.09. The first kappa shape index (κ1) is 25.6. The first-order chi connectivity index (χ1) is 18.4. The minimum atomic E-state index is -0.354. The Bertz CT molecular complexity index is 1610. The molecule has 5 rings (SSSR count). The van der Waals surface area contributed by atoms with Crippen LogP contribution in [0.15, 0.2) is 87.6 Å². The number of rotatable bonds is 7. The van der Waals surface area contributed by atoms with Gasteiger partial charge in [-0.05, 0) is 76.4 Å². The number of aromatic hydroxyl groups is 1. The molecule has 0 unspecified atom stereocenters. The zero-order chi connectivity index (χ0) is 26.6. The number of benzene rings is 2. The standard InChI is InChI=1S/C27H22BrN7O2S/c1-15(2)21-9-8-20-24(33-21)31-14-32-25(20)34-22-11-16(26(37)35-27-29-12-17(28)13-30-27)3-10-23(22)38-19-6-4-18(36)5-7-19/h3-15,36H,1-2H3,(H,29,30,35,37)(H,31,32,33,34). The highest BCUT2D eigenvalue weighted by atomic mass is 79.9. The van der Waals surface area contributed by atoms with Crippen molar-refractivity contribution in [3.05, 3.63) is 89.0 Å². The first-order valence-electron chi connectivity index (χ1n) is 11.6. The first-order valence-corrected chi connectivity index (χ1v) is 13.2. The van der Waals surface area contributed by atoms with Crippen LogP contribution in [0.1, 0.15) is 35.8 Å². The number of nitrogens with zero attached hydrogens (tertiary/aromatic N) is 5. The molecule has 0 fully saturated rings. The number of carbonyl (C=O) groups excluding carboxylic acids is 1. The van der Waals surface area contributed by atoms with Crippen molar-refractivity contribution in [1.82, 2.24) is 24.9 Å². The number of hydrogen-bond donors (Lipinski definition) is 3. The Labute approximate surface area is 231 Å². The Kier molecular flexibility index (Phi) is 7.47. The molecule has 0 saturated carbocycles. The molecule has 2 aromatic carbocycles. The number of nitrogens with one attached hydrogen (secondary N) is 2. The highest BCUT2D eigenvalue weighted by Crippen LogP contribution is 2.37. The van der Waals surface area contributed by atoms with Crippen molar-refractivity contribution in [1.29, 1.82) is 0 Å². The Morgan fingerprint density at radius 3 is 2.47 bits per heavy atom. The van der Waals surface area contributed by atoms with E-state index >= 15 is 0 Å². The second-order valence-corrected chi connectivity index (χ2v) is 10.6. The van der Waals surface area contributed by atoms with Crippen molar-refractivity contribution in [2.24, 2.45) is 0 Å². The summed E-state index contributed by atoms with van der Waals surface area (Å²) in [6, 6.07) is 16.2. The SMILES string of the molecule is CC(C)c1ccc2c(Nc3cc(C(=O)Nc4ncc(Br)cn4)ccc3Sc3ccc(O)cc3)ncnc2n1. The Morgan fingerprint density at radius 1 is 0.974 bits per heavy atom. The minimum absolute atomic E-state index is 0.190. The molecule has 0 aliphatic carbocycles. The molecule has 3 heterocycles. The van der Waals surface area contributed by atoms with Gasteiger partial charge >= 0.3 is 0 Å². The highest BCUT2D eigenvalue weighted by Gasteiger charge is 2.15.